The maximum absolute atomic E-state index is 12.7. The van der Waals surface area contributed by atoms with Crippen molar-refractivity contribution >= 4 is 11.5 Å². The molecule has 0 amide bonds. The van der Waals surface area contributed by atoms with Gasteiger partial charge in [0.05, 0.1) is 6.20 Å². The minimum absolute atomic E-state index is 0.176. The number of nitrogens with two attached hydrogens (primary N) is 1. The molecule has 1 saturated carbocycles. The van der Waals surface area contributed by atoms with E-state index in [1.165, 1.54) is 6.42 Å². The number of para-hydroxylation sites is 1. The third-order valence-electron chi connectivity index (χ3n) is 5.76. The Bertz CT molecular complexity index is 906. The molecular formula is C21H29N5O3. The molecule has 8 heteroatoms. The van der Waals surface area contributed by atoms with Crippen LogP contribution in [0.1, 0.15) is 38.1 Å². The van der Waals surface area contributed by atoms with E-state index in [0.29, 0.717) is 41.9 Å². The molecule has 8 nitrogen and oxygen atoms in total. The van der Waals surface area contributed by atoms with E-state index < -0.39 is 0 Å². The molecule has 4 rings (SSSR count). The third-order valence-corrected chi connectivity index (χ3v) is 5.76. The molecular weight excluding hydrogens is 370 g/mol. The van der Waals surface area contributed by atoms with Crippen molar-refractivity contribution < 1.29 is 9.47 Å². The molecule has 4 N–H and O–H groups in total. The number of nitrogens with one attached hydrogen (secondary N) is 2. The average Bonchev–Trinajstić information content (AvgIpc) is 2.75. The SMILES string of the molecule is CNCC[C@H]1CC[C@H](n2cc3c(nc2=O)Nc2c(OCCN)cccc2O3)CC1. The fourth-order valence-electron chi connectivity index (χ4n) is 4.18. The van der Waals surface area contributed by atoms with Crippen molar-refractivity contribution in [2.45, 2.75) is 38.1 Å². The van der Waals surface area contributed by atoms with E-state index >= 15 is 0 Å². The smallest absolute Gasteiger partial charge is 0.350 e. The fourth-order valence-corrected chi connectivity index (χ4v) is 4.18. The second-order valence-electron chi connectivity index (χ2n) is 7.70. The first-order valence-electron chi connectivity index (χ1n) is 10.4. The molecule has 0 bridgehead atoms. The summed E-state index contributed by atoms with van der Waals surface area (Å²) in [5.74, 6) is 2.99. The normalized spacial score (nSPS) is 20.2. The fraction of sp³-hybridized carbons (Fsp3) is 0.524. The standard InChI is InChI=1S/C21H29N5O3/c1-23-11-9-14-5-7-15(8-6-14)26-13-18-20(25-21(26)27)24-19-16(28-12-10-22)3-2-4-17(19)29-18/h2-4,13-15,23H,5-12,22H2,1H3,(H,24,25,27)/t14-,15-. The second-order valence-corrected chi connectivity index (χ2v) is 7.70. The van der Waals surface area contributed by atoms with Crippen LogP contribution < -0.4 is 31.5 Å². The Kier molecular flexibility index (Phi) is 6.01. The lowest BCUT2D eigenvalue weighted by Gasteiger charge is -2.30. The Morgan fingerprint density at radius 2 is 2.14 bits per heavy atom. The summed E-state index contributed by atoms with van der Waals surface area (Å²) in [7, 11) is 1.99. The van der Waals surface area contributed by atoms with Crippen LogP contribution >= 0.6 is 0 Å². The molecule has 2 heterocycles. The van der Waals surface area contributed by atoms with Gasteiger partial charge in [-0.05, 0) is 63.7 Å². The summed E-state index contributed by atoms with van der Waals surface area (Å²) in [6.45, 7) is 1.86. The van der Waals surface area contributed by atoms with Crippen LogP contribution in [0.3, 0.4) is 0 Å². The van der Waals surface area contributed by atoms with Gasteiger partial charge in [-0.3, -0.25) is 4.57 Å². The van der Waals surface area contributed by atoms with Crippen molar-refractivity contribution in [3.8, 4) is 17.2 Å². The highest BCUT2D eigenvalue weighted by molar-refractivity contribution is 5.77. The van der Waals surface area contributed by atoms with Crippen LogP contribution in [-0.4, -0.2) is 36.3 Å². The molecule has 0 unspecified atom stereocenters. The highest BCUT2D eigenvalue weighted by atomic mass is 16.5. The topological polar surface area (TPSA) is 103 Å². The first-order chi connectivity index (χ1) is 14.2. The van der Waals surface area contributed by atoms with Gasteiger partial charge in [-0.2, -0.15) is 4.98 Å². The van der Waals surface area contributed by atoms with Gasteiger partial charge in [0.1, 0.15) is 18.0 Å². The molecule has 1 aromatic heterocycles. The maximum Gasteiger partial charge on any atom is 0.350 e. The highest BCUT2D eigenvalue weighted by Crippen LogP contribution is 2.45. The Morgan fingerprint density at radius 1 is 1.31 bits per heavy atom. The molecule has 1 aliphatic heterocycles. The van der Waals surface area contributed by atoms with Gasteiger partial charge in [0, 0.05) is 12.6 Å². The Morgan fingerprint density at radius 3 is 2.90 bits per heavy atom. The molecule has 0 saturated heterocycles. The van der Waals surface area contributed by atoms with Crippen LogP contribution in [0.25, 0.3) is 0 Å². The zero-order valence-corrected chi connectivity index (χ0v) is 16.8. The van der Waals surface area contributed by atoms with Gasteiger partial charge >= 0.3 is 5.69 Å². The van der Waals surface area contributed by atoms with Crippen molar-refractivity contribution in [2.24, 2.45) is 11.7 Å². The zero-order valence-electron chi connectivity index (χ0n) is 16.8. The van der Waals surface area contributed by atoms with Crippen LogP contribution in [0.2, 0.25) is 0 Å². The molecule has 156 valence electrons. The molecule has 1 aliphatic carbocycles. The number of nitrogens with zero attached hydrogens (tertiary/aromatic N) is 2. The summed E-state index contributed by atoms with van der Waals surface area (Å²) in [5, 5.41) is 6.42. The van der Waals surface area contributed by atoms with E-state index in [1.807, 2.05) is 25.2 Å². The molecule has 0 atom stereocenters. The highest BCUT2D eigenvalue weighted by Gasteiger charge is 2.27. The number of aromatic nitrogens is 2. The summed E-state index contributed by atoms with van der Waals surface area (Å²) in [6, 6.07) is 5.75. The van der Waals surface area contributed by atoms with Gasteiger partial charge in [-0.1, -0.05) is 6.07 Å². The van der Waals surface area contributed by atoms with Crippen LogP contribution in [-0.2, 0) is 0 Å². The summed E-state index contributed by atoms with van der Waals surface area (Å²) >= 11 is 0. The number of rotatable bonds is 7. The molecule has 29 heavy (non-hydrogen) atoms. The number of anilines is 2. The van der Waals surface area contributed by atoms with Crippen molar-refractivity contribution in [1.82, 2.24) is 14.9 Å². The van der Waals surface area contributed by atoms with Crippen molar-refractivity contribution in [3.63, 3.8) is 0 Å². The Balaban J connectivity index is 1.52. The quantitative estimate of drug-likeness (QED) is 0.561. The van der Waals surface area contributed by atoms with E-state index in [0.717, 1.165) is 38.1 Å². The molecule has 2 aromatic rings. The van der Waals surface area contributed by atoms with E-state index in [2.05, 4.69) is 15.6 Å². The van der Waals surface area contributed by atoms with Gasteiger partial charge in [0.25, 0.3) is 0 Å². The lowest BCUT2D eigenvalue weighted by Crippen LogP contribution is -2.31. The van der Waals surface area contributed by atoms with E-state index in [4.69, 9.17) is 15.2 Å². The second kappa shape index (κ2) is 8.84. The zero-order chi connectivity index (χ0) is 20.2. The molecule has 1 aromatic carbocycles. The molecule has 0 radical (unpaired) electrons. The van der Waals surface area contributed by atoms with E-state index in [1.54, 1.807) is 10.8 Å². The lowest BCUT2D eigenvalue weighted by atomic mass is 9.84. The predicted octanol–water partition coefficient (Wildman–Crippen LogP) is 2.77. The maximum atomic E-state index is 12.7. The van der Waals surface area contributed by atoms with E-state index in [-0.39, 0.29) is 11.7 Å². The number of hydrogen-bond donors (Lipinski definition) is 3. The largest absolute Gasteiger partial charge is 0.490 e. The van der Waals surface area contributed by atoms with Crippen LogP contribution in [0.15, 0.2) is 29.2 Å². The summed E-state index contributed by atoms with van der Waals surface area (Å²) in [6.07, 6.45) is 7.26. The first-order valence-corrected chi connectivity index (χ1v) is 10.4. The van der Waals surface area contributed by atoms with Gasteiger partial charge in [-0.25, -0.2) is 4.79 Å². The monoisotopic (exact) mass is 399 g/mol. The first kappa shape index (κ1) is 19.7. The Labute approximate surface area is 170 Å². The number of hydrogen-bond acceptors (Lipinski definition) is 7. The van der Waals surface area contributed by atoms with Gasteiger partial charge in [0.15, 0.2) is 17.3 Å². The molecule has 0 spiro atoms. The Hall–Kier alpha value is -2.58. The predicted molar refractivity (Wildman–Crippen MR) is 112 cm³/mol. The third kappa shape index (κ3) is 4.23. The number of benzene rings is 1. The summed E-state index contributed by atoms with van der Waals surface area (Å²) < 4.78 is 13.5. The number of fused-ring (bicyclic) bond motifs is 2. The molecule has 2 aliphatic rings. The van der Waals surface area contributed by atoms with Crippen LogP contribution in [0, 0.1) is 5.92 Å². The van der Waals surface area contributed by atoms with Crippen molar-refractivity contribution in [1.29, 1.82) is 0 Å². The summed E-state index contributed by atoms with van der Waals surface area (Å²) in [4.78, 5) is 17.0. The van der Waals surface area contributed by atoms with Gasteiger partial charge in [0.2, 0.25) is 0 Å². The minimum Gasteiger partial charge on any atom is -0.490 e. The minimum atomic E-state index is -0.248. The summed E-state index contributed by atoms with van der Waals surface area (Å²) in [5.41, 5.74) is 5.95. The van der Waals surface area contributed by atoms with Crippen molar-refractivity contribution in [3.05, 3.63) is 34.9 Å². The molecule has 1 fully saturated rings. The van der Waals surface area contributed by atoms with Gasteiger partial charge in [-0.15, -0.1) is 0 Å². The van der Waals surface area contributed by atoms with Crippen LogP contribution in [0.5, 0.6) is 17.2 Å². The van der Waals surface area contributed by atoms with Gasteiger partial charge < -0.3 is 25.8 Å². The average molecular weight is 399 g/mol. The van der Waals surface area contributed by atoms with Crippen molar-refractivity contribution in [2.75, 3.05) is 32.1 Å². The number of ether oxygens (including phenoxy) is 2. The lowest BCUT2D eigenvalue weighted by molar-refractivity contribution is 0.256. The van der Waals surface area contributed by atoms with Crippen LogP contribution in [0.4, 0.5) is 11.5 Å². The van der Waals surface area contributed by atoms with E-state index in [9.17, 15) is 4.79 Å².